The van der Waals surface area contributed by atoms with Gasteiger partial charge in [0.2, 0.25) is 0 Å². The fraction of sp³-hybridized carbons (Fsp3) is 0.0256. The van der Waals surface area contributed by atoms with Crippen molar-refractivity contribution in [1.29, 1.82) is 0 Å². The molecule has 0 saturated heterocycles. The highest BCUT2D eigenvalue weighted by Crippen LogP contribution is 2.53. The maximum atomic E-state index is 2.38. The normalized spacial score (nSPS) is 12.7. The molecule has 0 atom stereocenters. The van der Waals surface area contributed by atoms with Crippen LogP contribution in [0.2, 0.25) is 0 Å². The van der Waals surface area contributed by atoms with Crippen molar-refractivity contribution in [1.82, 2.24) is 0 Å². The Kier molecular flexibility index (Phi) is 3.46. The molecule has 0 spiro atoms. The second-order valence-electron chi connectivity index (χ2n) is 11.2. The number of fused-ring (bicyclic) bond motifs is 10. The molecule has 178 valence electrons. The molecule has 0 bridgehead atoms. The number of hydrogen-bond acceptors (Lipinski definition) is 0. The Hall–Kier alpha value is -4.94. The van der Waals surface area contributed by atoms with Gasteiger partial charge < -0.3 is 0 Å². The summed E-state index contributed by atoms with van der Waals surface area (Å²) in [6, 6.07) is 43.5. The quantitative estimate of drug-likeness (QED) is 0.146. The lowest BCUT2D eigenvalue weighted by atomic mass is 9.79. The average molecular weight is 491 g/mol. The molecule has 0 heterocycles. The first-order valence-electron chi connectivity index (χ1n) is 13.8. The van der Waals surface area contributed by atoms with E-state index in [4.69, 9.17) is 0 Å². The molecule has 0 unspecified atom stereocenters. The van der Waals surface area contributed by atoms with E-state index in [2.05, 4.69) is 122 Å². The van der Waals surface area contributed by atoms with E-state index in [1.54, 1.807) is 0 Å². The van der Waals surface area contributed by atoms with Crippen molar-refractivity contribution in [2.45, 2.75) is 6.92 Å². The van der Waals surface area contributed by atoms with E-state index in [9.17, 15) is 0 Å². The van der Waals surface area contributed by atoms with Gasteiger partial charge in [0, 0.05) is 0 Å². The van der Waals surface area contributed by atoms with Crippen LogP contribution in [0.5, 0.6) is 0 Å². The molecule has 0 radical (unpaired) electrons. The van der Waals surface area contributed by atoms with E-state index in [1.807, 2.05) is 0 Å². The maximum Gasteiger partial charge on any atom is -0.0000929 e. The average Bonchev–Trinajstić information content (AvgIpc) is 2.99. The number of hydrogen-bond donors (Lipinski definition) is 0. The summed E-state index contributed by atoms with van der Waals surface area (Å²) in [5.74, 6) is 0. The first-order valence-corrected chi connectivity index (χ1v) is 13.8. The van der Waals surface area contributed by atoms with Crippen LogP contribution < -0.4 is 0 Å². The van der Waals surface area contributed by atoms with Crippen molar-refractivity contribution in [2.24, 2.45) is 0 Å². The highest BCUT2D eigenvalue weighted by molar-refractivity contribution is 6.53. The summed E-state index contributed by atoms with van der Waals surface area (Å²) in [5.41, 5.74) is 1.33. The van der Waals surface area contributed by atoms with Crippen LogP contribution in [-0.4, -0.2) is 0 Å². The van der Waals surface area contributed by atoms with Gasteiger partial charge in [-0.1, -0.05) is 115 Å². The van der Waals surface area contributed by atoms with Gasteiger partial charge in [-0.3, -0.25) is 0 Å². The number of benzene rings is 10. The molecule has 0 amide bonds. The maximum absolute atomic E-state index is 2.38. The molecule has 0 aliphatic carbocycles. The summed E-state index contributed by atoms with van der Waals surface area (Å²) < 4.78 is 0. The van der Waals surface area contributed by atoms with Crippen molar-refractivity contribution in [3.05, 3.63) is 121 Å². The minimum Gasteiger partial charge on any atom is -0.0616 e. The van der Waals surface area contributed by atoms with Crippen LogP contribution in [0.1, 0.15) is 5.56 Å². The Labute approximate surface area is 224 Å². The van der Waals surface area contributed by atoms with Crippen molar-refractivity contribution in [3.8, 4) is 0 Å². The third-order valence-electron chi connectivity index (χ3n) is 9.42. The molecule has 0 N–H and O–H groups in total. The lowest BCUT2D eigenvalue weighted by molar-refractivity contribution is 1.55. The predicted octanol–water partition coefficient (Wildman–Crippen LogP) is 11.2. The first-order chi connectivity index (χ1) is 19.3. The highest BCUT2D eigenvalue weighted by atomic mass is 14.3. The Morgan fingerprint density at radius 1 is 0.256 bits per heavy atom. The minimum atomic E-state index is 1.31. The summed E-state index contributed by atoms with van der Waals surface area (Å²) in [7, 11) is 0. The third-order valence-corrected chi connectivity index (χ3v) is 9.42. The van der Waals surface area contributed by atoms with E-state index < -0.39 is 0 Å². The van der Waals surface area contributed by atoms with Gasteiger partial charge in [-0.15, -0.1) is 0 Å². The standard InChI is InChI=1S/C39H22/c1-21-19-20-31-33-23(21)15-8-18-30(33)36-26-13-4-2-11-24(26)34-28-16-6-9-22-10-7-17-29(32(22)28)35-25-12-3-5-14-27(25)37(31)39(36)38(34)35/h2-20H,1H3. The molecular weight excluding hydrogens is 468 g/mol. The van der Waals surface area contributed by atoms with Gasteiger partial charge in [0.1, 0.15) is 0 Å². The Morgan fingerprint density at radius 3 is 1.15 bits per heavy atom. The van der Waals surface area contributed by atoms with Crippen LogP contribution in [0.25, 0.3) is 97.0 Å². The van der Waals surface area contributed by atoms with Crippen LogP contribution in [0, 0.1) is 6.92 Å². The van der Waals surface area contributed by atoms with Crippen LogP contribution in [0.4, 0.5) is 0 Å². The molecule has 0 saturated carbocycles. The largest absolute Gasteiger partial charge is 0.0616 e. The molecule has 0 nitrogen and oxygen atoms in total. The lowest BCUT2D eigenvalue weighted by Crippen LogP contribution is -1.95. The van der Waals surface area contributed by atoms with Crippen molar-refractivity contribution in [3.63, 3.8) is 0 Å². The van der Waals surface area contributed by atoms with Gasteiger partial charge in [-0.2, -0.15) is 0 Å². The van der Waals surface area contributed by atoms with Gasteiger partial charge in [-0.05, 0) is 109 Å². The molecule has 0 fully saturated rings. The smallest absolute Gasteiger partial charge is 0.0000929 e. The Bertz CT molecular complexity index is 2510. The minimum absolute atomic E-state index is 1.31. The summed E-state index contributed by atoms with van der Waals surface area (Å²) in [5, 5.41) is 24.6. The molecule has 10 rings (SSSR count). The Balaban J connectivity index is 1.76. The van der Waals surface area contributed by atoms with Crippen LogP contribution in [0.15, 0.2) is 115 Å². The van der Waals surface area contributed by atoms with Gasteiger partial charge in [0.15, 0.2) is 0 Å². The molecule has 0 aliphatic heterocycles. The summed E-state index contributed by atoms with van der Waals surface area (Å²) in [4.78, 5) is 0. The fourth-order valence-corrected chi connectivity index (χ4v) is 7.97. The molecule has 10 aromatic rings. The van der Waals surface area contributed by atoms with Gasteiger partial charge in [0.05, 0.1) is 0 Å². The van der Waals surface area contributed by atoms with Crippen LogP contribution in [-0.2, 0) is 0 Å². The fourth-order valence-electron chi connectivity index (χ4n) is 7.97. The zero-order chi connectivity index (χ0) is 25.4. The van der Waals surface area contributed by atoms with E-state index in [0.29, 0.717) is 0 Å². The van der Waals surface area contributed by atoms with E-state index in [-0.39, 0.29) is 0 Å². The lowest BCUT2D eigenvalue weighted by Gasteiger charge is -2.24. The van der Waals surface area contributed by atoms with Gasteiger partial charge in [0.25, 0.3) is 0 Å². The topological polar surface area (TPSA) is 0 Å². The molecular formula is C39H22. The van der Waals surface area contributed by atoms with E-state index in [1.165, 1.54) is 103 Å². The first kappa shape index (κ1) is 20.1. The molecule has 0 aliphatic rings. The van der Waals surface area contributed by atoms with Crippen molar-refractivity contribution in [2.75, 3.05) is 0 Å². The van der Waals surface area contributed by atoms with E-state index >= 15 is 0 Å². The van der Waals surface area contributed by atoms with Crippen molar-refractivity contribution >= 4 is 97.0 Å². The molecule has 10 aromatic carbocycles. The molecule has 39 heavy (non-hydrogen) atoms. The van der Waals surface area contributed by atoms with E-state index in [0.717, 1.165) is 0 Å². The van der Waals surface area contributed by atoms with Gasteiger partial charge >= 0.3 is 0 Å². The second-order valence-corrected chi connectivity index (χ2v) is 11.2. The Morgan fingerprint density at radius 2 is 0.641 bits per heavy atom. The molecule has 0 aromatic heterocycles. The summed E-state index contributed by atoms with van der Waals surface area (Å²) in [6.07, 6.45) is 0. The third kappa shape index (κ3) is 2.21. The van der Waals surface area contributed by atoms with Gasteiger partial charge in [-0.25, -0.2) is 0 Å². The van der Waals surface area contributed by atoms with Crippen LogP contribution in [0.3, 0.4) is 0 Å². The summed E-state index contributed by atoms with van der Waals surface area (Å²) >= 11 is 0. The zero-order valence-electron chi connectivity index (χ0n) is 21.5. The van der Waals surface area contributed by atoms with Crippen molar-refractivity contribution < 1.29 is 0 Å². The number of rotatable bonds is 0. The monoisotopic (exact) mass is 490 g/mol. The van der Waals surface area contributed by atoms with Crippen LogP contribution >= 0.6 is 0 Å². The predicted molar refractivity (Wildman–Crippen MR) is 171 cm³/mol. The molecule has 0 heteroatoms. The number of aryl methyl sites for hydroxylation is 1. The zero-order valence-corrected chi connectivity index (χ0v) is 21.5. The summed E-state index contributed by atoms with van der Waals surface area (Å²) in [6.45, 7) is 2.24. The SMILES string of the molecule is Cc1ccc2c3c1cccc3c1c3ccccc3c3c4cccc5cccc(c54)c4c5ccccc5c2c1c34. The highest BCUT2D eigenvalue weighted by Gasteiger charge is 2.24. The second kappa shape index (κ2) is 6.73.